The van der Waals surface area contributed by atoms with Crippen LogP contribution in [0.4, 0.5) is 13.2 Å². The number of carbonyl (C=O) groups is 1. The first-order valence-corrected chi connectivity index (χ1v) is 8.93. The summed E-state index contributed by atoms with van der Waals surface area (Å²) < 4.78 is 70.5. The molecule has 1 aromatic carbocycles. The lowest BCUT2D eigenvalue weighted by molar-refractivity contribution is -0.166. The average molecular weight is 392 g/mol. The Balaban J connectivity index is 1.77. The van der Waals surface area contributed by atoms with Crippen LogP contribution in [-0.2, 0) is 25.2 Å². The molecule has 2 aliphatic heterocycles. The smallest absolute Gasteiger partial charge is 0.383 e. The van der Waals surface area contributed by atoms with Gasteiger partial charge in [-0.1, -0.05) is 12.1 Å². The molecular formula is C14H15F3N4O4S. The highest BCUT2D eigenvalue weighted by Crippen LogP contribution is 2.52. The first kappa shape index (κ1) is 18.7. The molecule has 0 aliphatic carbocycles. The van der Waals surface area contributed by atoms with Crippen molar-refractivity contribution in [3.8, 4) is 0 Å². The van der Waals surface area contributed by atoms with Crippen LogP contribution in [0.2, 0.25) is 0 Å². The molecule has 8 nitrogen and oxygen atoms in total. The molecule has 1 saturated heterocycles. The Morgan fingerprint density at radius 2 is 1.85 bits per heavy atom. The highest BCUT2D eigenvalue weighted by atomic mass is 32.2. The molecule has 0 spiro atoms. The molecule has 0 radical (unpaired) electrons. The van der Waals surface area contributed by atoms with Crippen LogP contribution in [0.3, 0.4) is 0 Å². The highest BCUT2D eigenvalue weighted by molar-refractivity contribution is 7.90. The van der Waals surface area contributed by atoms with Crippen LogP contribution in [0.15, 0.2) is 39.4 Å². The number of alkyl halides is 3. The minimum atomic E-state index is -4.70. The van der Waals surface area contributed by atoms with Gasteiger partial charge in [-0.15, -0.1) is 10.2 Å². The van der Waals surface area contributed by atoms with Gasteiger partial charge in [0, 0.05) is 25.8 Å². The summed E-state index contributed by atoms with van der Waals surface area (Å²) >= 11 is 0. The molecule has 26 heavy (non-hydrogen) atoms. The molecule has 0 aromatic heterocycles. The van der Waals surface area contributed by atoms with Crippen LogP contribution in [0.1, 0.15) is 5.56 Å². The molecule has 1 fully saturated rings. The molecule has 0 bridgehead atoms. The van der Waals surface area contributed by atoms with Gasteiger partial charge in [0.1, 0.15) is 0 Å². The zero-order valence-corrected chi connectivity index (χ0v) is 14.3. The van der Waals surface area contributed by atoms with Crippen LogP contribution in [-0.4, -0.2) is 47.3 Å². The molecule has 2 heterocycles. The number of amides is 1. The summed E-state index contributed by atoms with van der Waals surface area (Å²) in [5, 5.41) is 8.97. The first-order chi connectivity index (χ1) is 12.1. The topological polar surface area (TPSA) is 109 Å². The molecular weight excluding hydrogens is 377 g/mol. The summed E-state index contributed by atoms with van der Waals surface area (Å²) in [4.78, 5) is 12.0. The maximum atomic E-state index is 13.0. The van der Waals surface area contributed by atoms with E-state index in [2.05, 4.69) is 15.5 Å². The van der Waals surface area contributed by atoms with Crippen molar-refractivity contribution in [2.75, 3.05) is 26.8 Å². The number of benzene rings is 1. The zero-order valence-electron chi connectivity index (χ0n) is 13.5. The van der Waals surface area contributed by atoms with Crippen LogP contribution in [0, 0.1) is 5.41 Å². The Morgan fingerprint density at radius 3 is 2.23 bits per heavy atom. The number of nitrogens with zero attached hydrogens (tertiary/aromatic N) is 2. The van der Waals surface area contributed by atoms with Gasteiger partial charge in [-0.05, 0) is 12.1 Å². The van der Waals surface area contributed by atoms with Gasteiger partial charge in [0.2, 0.25) is 5.91 Å². The van der Waals surface area contributed by atoms with E-state index >= 15 is 0 Å². The van der Waals surface area contributed by atoms with Crippen LogP contribution < -0.4 is 10.0 Å². The monoisotopic (exact) mass is 392 g/mol. The Kier molecular flexibility index (Phi) is 4.32. The molecule has 3 rings (SSSR count). The number of halogens is 3. The Bertz CT molecular complexity index is 842. The normalized spacial score (nSPS) is 20.3. The van der Waals surface area contributed by atoms with E-state index in [0.717, 1.165) is 24.3 Å². The lowest BCUT2D eigenvalue weighted by atomic mass is 9.82. The Hall–Kier alpha value is -2.05. The van der Waals surface area contributed by atoms with Gasteiger partial charge in [0.25, 0.3) is 10.0 Å². The Labute approximate surface area is 146 Å². The van der Waals surface area contributed by atoms with Crippen molar-refractivity contribution >= 4 is 15.9 Å². The lowest BCUT2D eigenvalue weighted by Crippen LogP contribution is -2.64. The number of sulfonamides is 1. The molecule has 1 aromatic rings. The van der Waals surface area contributed by atoms with Crippen molar-refractivity contribution in [2.24, 2.45) is 15.6 Å². The van der Waals surface area contributed by atoms with Crippen molar-refractivity contribution in [1.29, 1.82) is 0 Å². The second-order valence-corrected chi connectivity index (χ2v) is 7.83. The van der Waals surface area contributed by atoms with Crippen molar-refractivity contribution in [3.05, 3.63) is 29.8 Å². The summed E-state index contributed by atoms with van der Waals surface area (Å²) in [6.07, 6.45) is -4.70. The van der Waals surface area contributed by atoms with Gasteiger partial charge >= 0.3 is 11.8 Å². The molecule has 142 valence electrons. The van der Waals surface area contributed by atoms with Gasteiger partial charge in [0.15, 0.2) is 0 Å². The van der Waals surface area contributed by atoms with Crippen LogP contribution in [0.5, 0.6) is 0 Å². The molecule has 2 aliphatic rings. The number of hydrogen-bond donors (Lipinski definition) is 2. The predicted octanol–water partition coefficient (Wildman–Crippen LogP) is 0.908. The number of ether oxygens (including phenoxy) is 1. The van der Waals surface area contributed by atoms with E-state index in [4.69, 9.17) is 4.74 Å². The summed E-state index contributed by atoms with van der Waals surface area (Å²) in [5.74, 6) is -0.735. The first-order valence-electron chi connectivity index (χ1n) is 7.45. The van der Waals surface area contributed by atoms with Crippen LogP contribution >= 0.6 is 0 Å². The summed E-state index contributed by atoms with van der Waals surface area (Å²) in [6, 6.07) is 3.90. The fourth-order valence-corrected chi connectivity index (χ4v) is 3.70. The average Bonchev–Trinajstić information content (AvgIpc) is 3.32. The third-order valence-electron chi connectivity index (χ3n) is 4.32. The predicted molar refractivity (Wildman–Crippen MR) is 81.5 cm³/mol. The molecule has 0 unspecified atom stereocenters. The Morgan fingerprint density at radius 1 is 1.27 bits per heavy atom. The number of rotatable bonds is 6. The van der Waals surface area contributed by atoms with E-state index in [1.54, 1.807) is 0 Å². The number of hydrogen-bond acceptors (Lipinski definition) is 7. The highest BCUT2D eigenvalue weighted by Gasteiger charge is 2.65. The second kappa shape index (κ2) is 5.99. The maximum Gasteiger partial charge on any atom is 0.442 e. The second-order valence-electron chi connectivity index (χ2n) is 6.15. The number of carbonyl (C=O) groups excluding carboxylic acids is 1. The van der Waals surface area contributed by atoms with E-state index in [1.165, 1.54) is 7.11 Å². The van der Waals surface area contributed by atoms with E-state index < -0.39 is 33.2 Å². The minimum absolute atomic E-state index is 0.0391. The molecule has 12 heteroatoms. The summed E-state index contributed by atoms with van der Waals surface area (Å²) in [6.45, 7) is 0.563. The fourth-order valence-electron chi connectivity index (χ4n) is 2.63. The van der Waals surface area contributed by atoms with E-state index in [1.807, 2.05) is 4.72 Å². The lowest BCUT2D eigenvalue weighted by Gasteiger charge is -2.39. The van der Waals surface area contributed by atoms with Crippen molar-refractivity contribution in [1.82, 2.24) is 10.0 Å². The largest absolute Gasteiger partial charge is 0.442 e. The van der Waals surface area contributed by atoms with Gasteiger partial charge in [-0.25, -0.2) is 13.1 Å². The van der Waals surface area contributed by atoms with E-state index in [9.17, 15) is 26.4 Å². The van der Waals surface area contributed by atoms with Crippen molar-refractivity contribution < 1.29 is 31.1 Å². The third kappa shape index (κ3) is 2.97. The fraction of sp³-hybridized carbons (Fsp3) is 0.500. The quantitative estimate of drug-likeness (QED) is 0.748. The van der Waals surface area contributed by atoms with Gasteiger partial charge in [-0.2, -0.15) is 13.2 Å². The number of methoxy groups -OCH3 is 1. The molecule has 2 N–H and O–H groups in total. The van der Waals surface area contributed by atoms with Crippen molar-refractivity contribution in [3.63, 3.8) is 0 Å². The number of nitrogens with one attached hydrogen (secondary N) is 2. The van der Waals surface area contributed by atoms with Crippen LogP contribution in [0.25, 0.3) is 0 Å². The summed E-state index contributed by atoms with van der Waals surface area (Å²) in [5.41, 5.74) is -3.92. The molecule has 0 saturated carbocycles. The zero-order chi connectivity index (χ0) is 19.2. The van der Waals surface area contributed by atoms with Gasteiger partial charge < -0.3 is 10.1 Å². The molecule has 1 amide bonds. The van der Waals surface area contributed by atoms with E-state index in [-0.39, 0.29) is 30.2 Å². The standard InChI is InChI=1S/C14H15F3N4O4S/c1-25-8-12(6-18-7-12)11(22)19-26(23,24)10-4-2-9(3-5-10)13(20-21-13)14(15,16)17/h2-5,18H,6-8H2,1H3,(H,19,22). The van der Waals surface area contributed by atoms with Gasteiger partial charge in [-0.3, -0.25) is 4.79 Å². The minimum Gasteiger partial charge on any atom is -0.383 e. The third-order valence-corrected chi connectivity index (χ3v) is 5.67. The molecule has 0 atom stereocenters. The maximum absolute atomic E-state index is 13.0. The summed E-state index contributed by atoms with van der Waals surface area (Å²) in [7, 11) is -2.85. The van der Waals surface area contributed by atoms with Crippen molar-refractivity contribution in [2.45, 2.75) is 16.7 Å². The van der Waals surface area contributed by atoms with Gasteiger partial charge in [0.05, 0.1) is 16.9 Å². The SMILES string of the molecule is COCC1(C(=O)NS(=O)(=O)c2ccc(C3(C(F)(F)F)N=N3)cc2)CNC1. The van der Waals surface area contributed by atoms with E-state index in [0.29, 0.717) is 0 Å².